The van der Waals surface area contributed by atoms with Crippen molar-refractivity contribution in [2.75, 3.05) is 26.8 Å². The van der Waals surface area contributed by atoms with Gasteiger partial charge in [-0.05, 0) is 63.8 Å². The molecule has 5 nitrogen and oxygen atoms in total. The van der Waals surface area contributed by atoms with Crippen LogP contribution in [0, 0.1) is 0 Å². The van der Waals surface area contributed by atoms with E-state index in [1.807, 2.05) is 0 Å². The van der Waals surface area contributed by atoms with Gasteiger partial charge in [0.05, 0.1) is 7.11 Å². The summed E-state index contributed by atoms with van der Waals surface area (Å²) in [6.45, 7) is 3.04. The van der Waals surface area contributed by atoms with Gasteiger partial charge in [-0.2, -0.15) is 0 Å². The van der Waals surface area contributed by atoms with Gasteiger partial charge in [0.25, 0.3) is 0 Å². The summed E-state index contributed by atoms with van der Waals surface area (Å²) in [5, 5.41) is 13.3. The number of benzene rings is 1. The molecule has 0 radical (unpaired) electrons. The molecule has 138 valence electrons. The van der Waals surface area contributed by atoms with Crippen LogP contribution in [0.15, 0.2) is 29.8 Å². The Morgan fingerprint density at radius 1 is 1.32 bits per heavy atom. The SMILES string of the molecule is COc1cc(C(C)=O)ccc1OC[C@@H](O)CNCCC1=CCCCC1. The first-order chi connectivity index (χ1) is 12.1. The Balaban J connectivity index is 1.71. The molecule has 0 heterocycles. The van der Waals surface area contributed by atoms with Crippen LogP contribution in [0.2, 0.25) is 0 Å². The molecule has 1 aliphatic rings. The summed E-state index contributed by atoms with van der Waals surface area (Å²) >= 11 is 0. The van der Waals surface area contributed by atoms with E-state index in [1.165, 1.54) is 45.3 Å². The minimum absolute atomic E-state index is 0.0258. The fourth-order valence-electron chi connectivity index (χ4n) is 2.90. The Morgan fingerprint density at radius 3 is 2.84 bits per heavy atom. The van der Waals surface area contributed by atoms with Crippen LogP contribution in [0.5, 0.6) is 11.5 Å². The highest BCUT2D eigenvalue weighted by molar-refractivity contribution is 5.94. The predicted octanol–water partition coefficient (Wildman–Crippen LogP) is 3.12. The number of Topliss-reactive ketones (excluding diaryl/α,β-unsaturated/α-hetero) is 1. The number of nitrogens with one attached hydrogen (secondary N) is 1. The number of aliphatic hydroxyl groups is 1. The number of allylic oxidation sites excluding steroid dienone is 1. The van der Waals surface area contributed by atoms with E-state index in [-0.39, 0.29) is 12.4 Å². The van der Waals surface area contributed by atoms with Crippen LogP contribution in [0.1, 0.15) is 49.4 Å². The maximum absolute atomic E-state index is 11.4. The van der Waals surface area contributed by atoms with Crippen molar-refractivity contribution >= 4 is 5.78 Å². The molecule has 0 bridgehead atoms. The summed E-state index contributed by atoms with van der Waals surface area (Å²) in [5.74, 6) is 0.998. The van der Waals surface area contributed by atoms with Crippen LogP contribution in [0.3, 0.4) is 0 Å². The minimum atomic E-state index is -0.600. The Morgan fingerprint density at radius 2 is 2.16 bits per heavy atom. The number of rotatable bonds is 10. The lowest BCUT2D eigenvalue weighted by molar-refractivity contribution is 0.101. The molecule has 0 saturated heterocycles. The molecule has 2 rings (SSSR count). The highest BCUT2D eigenvalue weighted by Gasteiger charge is 2.11. The van der Waals surface area contributed by atoms with Crippen molar-refractivity contribution in [1.29, 1.82) is 0 Å². The highest BCUT2D eigenvalue weighted by atomic mass is 16.5. The maximum atomic E-state index is 11.4. The summed E-state index contributed by atoms with van der Waals surface area (Å²) in [6.07, 6.45) is 7.82. The summed E-state index contributed by atoms with van der Waals surface area (Å²) < 4.78 is 10.9. The zero-order valence-electron chi connectivity index (χ0n) is 15.2. The van der Waals surface area contributed by atoms with Crippen molar-refractivity contribution in [3.63, 3.8) is 0 Å². The molecule has 1 aromatic carbocycles. The monoisotopic (exact) mass is 347 g/mol. The number of carbonyl (C=O) groups excluding carboxylic acids is 1. The van der Waals surface area contributed by atoms with E-state index in [0.717, 1.165) is 13.0 Å². The van der Waals surface area contributed by atoms with Crippen LogP contribution in [-0.2, 0) is 0 Å². The summed E-state index contributed by atoms with van der Waals surface area (Å²) in [5.41, 5.74) is 2.10. The lowest BCUT2D eigenvalue weighted by atomic mass is 9.97. The second-order valence-electron chi connectivity index (χ2n) is 6.45. The molecule has 0 saturated carbocycles. The smallest absolute Gasteiger partial charge is 0.161 e. The molecule has 1 atom stereocenters. The van der Waals surface area contributed by atoms with Gasteiger partial charge < -0.3 is 19.9 Å². The first-order valence-electron chi connectivity index (χ1n) is 8.98. The first-order valence-corrected chi connectivity index (χ1v) is 8.98. The maximum Gasteiger partial charge on any atom is 0.161 e. The molecule has 0 amide bonds. The van der Waals surface area contributed by atoms with Gasteiger partial charge in [-0.25, -0.2) is 0 Å². The Labute approximate surface area is 150 Å². The van der Waals surface area contributed by atoms with Gasteiger partial charge in [0, 0.05) is 12.1 Å². The molecule has 0 fully saturated rings. The zero-order valence-corrected chi connectivity index (χ0v) is 15.2. The molecule has 5 heteroatoms. The van der Waals surface area contributed by atoms with E-state index in [2.05, 4.69) is 11.4 Å². The fourth-order valence-corrected chi connectivity index (χ4v) is 2.90. The quantitative estimate of drug-likeness (QED) is 0.387. The predicted molar refractivity (Wildman–Crippen MR) is 98.5 cm³/mol. The Hall–Kier alpha value is -1.85. The fraction of sp³-hybridized carbons (Fsp3) is 0.550. The van der Waals surface area contributed by atoms with Crippen LogP contribution >= 0.6 is 0 Å². The van der Waals surface area contributed by atoms with E-state index in [1.54, 1.807) is 18.2 Å². The van der Waals surface area contributed by atoms with Gasteiger partial charge in [0.1, 0.15) is 12.7 Å². The Kier molecular flexibility index (Phi) is 7.95. The van der Waals surface area contributed by atoms with Gasteiger partial charge in [-0.1, -0.05) is 11.6 Å². The third-order valence-electron chi connectivity index (χ3n) is 4.39. The number of aliphatic hydroxyl groups excluding tert-OH is 1. The molecule has 1 aliphatic carbocycles. The molecular weight excluding hydrogens is 318 g/mol. The summed E-state index contributed by atoms with van der Waals surface area (Å²) in [7, 11) is 1.53. The summed E-state index contributed by atoms with van der Waals surface area (Å²) in [4.78, 5) is 11.4. The van der Waals surface area contributed by atoms with E-state index in [9.17, 15) is 9.90 Å². The van der Waals surface area contributed by atoms with E-state index in [4.69, 9.17) is 9.47 Å². The topological polar surface area (TPSA) is 67.8 Å². The van der Waals surface area contributed by atoms with Crippen molar-refractivity contribution < 1.29 is 19.4 Å². The second kappa shape index (κ2) is 10.2. The van der Waals surface area contributed by atoms with Gasteiger partial charge in [0.15, 0.2) is 17.3 Å². The molecule has 0 spiro atoms. The van der Waals surface area contributed by atoms with Crippen LogP contribution in [-0.4, -0.2) is 43.8 Å². The average molecular weight is 347 g/mol. The van der Waals surface area contributed by atoms with Gasteiger partial charge in [-0.15, -0.1) is 0 Å². The number of ether oxygens (including phenoxy) is 2. The lowest BCUT2D eigenvalue weighted by Gasteiger charge is -2.16. The third-order valence-corrected chi connectivity index (χ3v) is 4.39. The van der Waals surface area contributed by atoms with Crippen LogP contribution < -0.4 is 14.8 Å². The molecule has 2 N–H and O–H groups in total. The zero-order chi connectivity index (χ0) is 18.1. The minimum Gasteiger partial charge on any atom is -0.493 e. The number of carbonyl (C=O) groups is 1. The number of hydrogen-bond acceptors (Lipinski definition) is 5. The van der Waals surface area contributed by atoms with E-state index in [0.29, 0.717) is 23.6 Å². The van der Waals surface area contributed by atoms with Crippen molar-refractivity contribution in [3.05, 3.63) is 35.4 Å². The normalized spacial score (nSPS) is 15.4. The lowest BCUT2D eigenvalue weighted by Crippen LogP contribution is -2.32. The third kappa shape index (κ3) is 6.52. The van der Waals surface area contributed by atoms with Gasteiger partial charge >= 0.3 is 0 Å². The molecule has 0 aliphatic heterocycles. The molecule has 1 aromatic rings. The van der Waals surface area contributed by atoms with E-state index < -0.39 is 6.10 Å². The first kappa shape index (κ1) is 19.5. The van der Waals surface area contributed by atoms with Crippen LogP contribution in [0.25, 0.3) is 0 Å². The largest absolute Gasteiger partial charge is 0.493 e. The van der Waals surface area contributed by atoms with Crippen molar-refractivity contribution in [2.45, 2.75) is 45.1 Å². The van der Waals surface area contributed by atoms with E-state index >= 15 is 0 Å². The van der Waals surface area contributed by atoms with Crippen molar-refractivity contribution in [1.82, 2.24) is 5.32 Å². The van der Waals surface area contributed by atoms with Gasteiger partial charge in [0.2, 0.25) is 0 Å². The highest BCUT2D eigenvalue weighted by Crippen LogP contribution is 2.28. The average Bonchev–Trinajstić information content (AvgIpc) is 2.64. The molecule has 0 aromatic heterocycles. The number of methoxy groups -OCH3 is 1. The van der Waals surface area contributed by atoms with Crippen molar-refractivity contribution in [2.24, 2.45) is 0 Å². The van der Waals surface area contributed by atoms with Crippen LogP contribution in [0.4, 0.5) is 0 Å². The molecular formula is C20H29NO4. The standard InChI is InChI=1S/C20H29NO4/c1-15(22)17-8-9-19(20(12-17)24-2)25-14-18(23)13-21-11-10-16-6-4-3-5-7-16/h6,8-9,12,18,21,23H,3-5,7,10-11,13-14H2,1-2H3/t18-/m0/s1. The molecule has 0 unspecified atom stereocenters. The number of hydrogen-bond donors (Lipinski definition) is 2. The number of ketones is 1. The Bertz CT molecular complexity index is 597. The van der Waals surface area contributed by atoms with Crippen molar-refractivity contribution in [3.8, 4) is 11.5 Å². The molecule has 25 heavy (non-hydrogen) atoms. The van der Waals surface area contributed by atoms with Gasteiger partial charge in [-0.3, -0.25) is 4.79 Å². The summed E-state index contributed by atoms with van der Waals surface area (Å²) in [6, 6.07) is 5.05. The second-order valence-corrected chi connectivity index (χ2v) is 6.45.